The average Bonchev–Trinajstić information content (AvgIpc) is 3.99. The normalized spacial score (nSPS) is 15.7. The first kappa shape index (κ1) is 50.4. The van der Waals surface area contributed by atoms with Crippen molar-refractivity contribution in [3.8, 4) is 0 Å². The standard InChI is InChI=1S/C27H35N3O2S2.C26H33N3O2S2/c1-5-6-21-7-9-22(10-8-21)19-24-20-33-26(28-24)29-15-17-30(18-16-29)34(31,32)25-13-11-23(12-14-25)27(2,3)4;1-19-7-6-8-20(2)24(19)17-22-18-32-25(27-22)28-13-15-29(16-14-28)33(30,31)23-11-9-21(10-12-23)26(3,4)5/h7-14,20H,5-6,15-19H2,1-4H3;6-12,18H,13-17H2,1-5H3. The van der Waals surface area contributed by atoms with E-state index in [9.17, 15) is 16.8 Å². The Bertz CT molecular complexity index is 2770. The molecule has 2 saturated heterocycles. The van der Waals surface area contributed by atoms with E-state index in [0.717, 1.165) is 58.5 Å². The molecule has 358 valence electrons. The van der Waals surface area contributed by atoms with Crippen molar-refractivity contribution in [2.45, 2.75) is 109 Å². The number of thiazole rings is 2. The summed E-state index contributed by atoms with van der Waals surface area (Å²) in [5, 5.41) is 6.20. The summed E-state index contributed by atoms with van der Waals surface area (Å²) >= 11 is 3.29. The van der Waals surface area contributed by atoms with Crippen molar-refractivity contribution < 1.29 is 16.8 Å². The molecular weight excluding hydrogens is 913 g/mol. The molecule has 2 aromatic heterocycles. The molecule has 0 aliphatic carbocycles. The van der Waals surface area contributed by atoms with E-state index in [0.29, 0.717) is 62.1 Å². The number of nitrogens with zero attached hydrogens (tertiary/aromatic N) is 6. The van der Waals surface area contributed by atoms with Gasteiger partial charge in [0.15, 0.2) is 10.3 Å². The van der Waals surface area contributed by atoms with E-state index in [-0.39, 0.29) is 10.8 Å². The zero-order chi connectivity index (χ0) is 48.1. The number of piperazine rings is 2. The first-order valence-corrected chi connectivity index (χ1v) is 28.1. The Hall–Kier alpha value is -4.44. The Morgan fingerprint density at radius 1 is 0.522 bits per heavy atom. The van der Waals surface area contributed by atoms with Crippen LogP contribution in [0.15, 0.2) is 112 Å². The van der Waals surface area contributed by atoms with E-state index in [1.54, 1.807) is 55.5 Å². The van der Waals surface area contributed by atoms with Crippen LogP contribution in [0.2, 0.25) is 0 Å². The van der Waals surface area contributed by atoms with Crippen LogP contribution in [0.5, 0.6) is 0 Å². The van der Waals surface area contributed by atoms with Gasteiger partial charge < -0.3 is 9.80 Å². The molecule has 0 saturated carbocycles. The summed E-state index contributed by atoms with van der Waals surface area (Å²) in [6.45, 7) is 23.7. The molecule has 0 bridgehead atoms. The van der Waals surface area contributed by atoms with Crippen LogP contribution >= 0.6 is 22.7 Å². The van der Waals surface area contributed by atoms with Crippen LogP contribution in [0, 0.1) is 13.8 Å². The molecule has 4 aromatic carbocycles. The van der Waals surface area contributed by atoms with Gasteiger partial charge in [-0.25, -0.2) is 26.8 Å². The van der Waals surface area contributed by atoms with Gasteiger partial charge in [-0.1, -0.05) is 122 Å². The third-order valence-electron chi connectivity index (χ3n) is 12.8. The maximum absolute atomic E-state index is 13.2. The first-order valence-electron chi connectivity index (χ1n) is 23.5. The van der Waals surface area contributed by atoms with Crippen LogP contribution in [0.4, 0.5) is 10.3 Å². The SMILES string of the molecule is CCCc1ccc(Cc2csc(N3CCN(S(=O)(=O)c4ccc(C(C)(C)C)cc4)CC3)n2)cc1.Cc1cccc(C)c1Cc1csc(N2CCN(S(=O)(=O)c3ccc(C(C)(C)C)cc3)CC2)n1. The highest BCUT2D eigenvalue weighted by Crippen LogP contribution is 2.30. The maximum Gasteiger partial charge on any atom is 0.243 e. The van der Waals surface area contributed by atoms with Gasteiger partial charge in [-0.15, -0.1) is 22.7 Å². The molecule has 8 rings (SSSR count). The first-order chi connectivity index (χ1) is 31.7. The van der Waals surface area contributed by atoms with Crippen molar-refractivity contribution >= 4 is 53.0 Å². The number of benzene rings is 4. The summed E-state index contributed by atoms with van der Waals surface area (Å²) in [5.41, 5.74) is 11.0. The molecule has 10 nitrogen and oxygen atoms in total. The highest BCUT2D eigenvalue weighted by Gasteiger charge is 2.31. The number of aryl methyl sites for hydroxylation is 3. The minimum Gasteiger partial charge on any atom is -0.345 e. The Balaban J connectivity index is 0.000000199. The lowest BCUT2D eigenvalue weighted by atomic mass is 9.87. The van der Waals surface area contributed by atoms with Gasteiger partial charge in [-0.2, -0.15) is 8.61 Å². The summed E-state index contributed by atoms with van der Waals surface area (Å²) in [6.07, 6.45) is 3.92. The highest BCUT2D eigenvalue weighted by atomic mass is 32.2. The Labute approximate surface area is 408 Å². The predicted molar refractivity (Wildman–Crippen MR) is 278 cm³/mol. The van der Waals surface area contributed by atoms with Gasteiger partial charge in [-0.3, -0.25) is 0 Å². The molecular formula is C53H68N6O4S4. The van der Waals surface area contributed by atoms with Crippen molar-refractivity contribution in [2.24, 2.45) is 0 Å². The van der Waals surface area contributed by atoms with Crippen molar-refractivity contribution in [3.05, 3.63) is 152 Å². The molecule has 0 radical (unpaired) electrons. The second kappa shape index (κ2) is 21.1. The molecule has 0 amide bonds. The van der Waals surface area contributed by atoms with E-state index in [1.807, 2.05) is 24.3 Å². The van der Waals surface area contributed by atoms with Crippen molar-refractivity contribution in [3.63, 3.8) is 0 Å². The number of hydrogen-bond acceptors (Lipinski definition) is 10. The molecule has 0 spiro atoms. The molecule has 67 heavy (non-hydrogen) atoms. The minimum atomic E-state index is -3.49. The average molecular weight is 981 g/mol. The quantitative estimate of drug-likeness (QED) is 0.119. The highest BCUT2D eigenvalue weighted by molar-refractivity contribution is 7.89. The summed E-state index contributed by atoms with van der Waals surface area (Å²) in [5.74, 6) is 0. The molecule has 2 fully saturated rings. The van der Waals surface area contributed by atoms with Gasteiger partial charge in [0.1, 0.15) is 0 Å². The molecule has 2 aliphatic rings. The Kier molecular flexibility index (Phi) is 15.8. The van der Waals surface area contributed by atoms with Crippen molar-refractivity contribution in [2.75, 3.05) is 62.2 Å². The third-order valence-corrected chi connectivity index (χ3v) is 18.5. The molecule has 2 aliphatic heterocycles. The van der Waals surface area contributed by atoms with E-state index < -0.39 is 20.0 Å². The van der Waals surface area contributed by atoms with E-state index in [4.69, 9.17) is 9.97 Å². The molecule has 6 aromatic rings. The lowest BCUT2D eigenvalue weighted by molar-refractivity contribution is 0.384. The van der Waals surface area contributed by atoms with Gasteiger partial charge in [0.05, 0.1) is 21.2 Å². The predicted octanol–water partition coefficient (Wildman–Crippen LogP) is 10.7. The zero-order valence-corrected chi connectivity index (χ0v) is 44.0. The van der Waals surface area contributed by atoms with E-state index in [2.05, 4.69) is 125 Å². The molecule has 0 N–H and O–H groups in total. The lowest BCUT2D eigenvalue weighted by Gasteiger charge is -2.33. The largest absolute Gasteiger partial charge is 0.345 e. The van der Waals surface area contributed by atoms with E-state index in [1.165, 1.54) is 27.8 Å². The van der Waals surface area contributed by atoms with Crippen LogP contribution in [0.1, 0.15) is 105 Å². The van der Waals surface area contributed by atoms with Crippen LogP contribution in [-0.4, -0.2) is 87.8 Å². The smallest absolute Gasteiger partial charge is 0.243 e. The Morgan fingerprint density at radius 3 is 1.30 bits per heavy atom. The maximum atomic E-state index is 13.2. The molecule has 0 atom stereocenters. The van der Waals surface area contributed by atoms with Gasteiger partial charge in [0, 0.05) is 76.0 Å². The third kappa shape index (κ3) is 12.4. The summed E-state index contributed by atoms with van der Waals surface area (Å²) in [7, 11) is -6.97. The second-order valence-corrected chi connectivity index (χ2v) is 25.4. The van der Waals surface area contributed by atoms with Crippen molar-refractivity contribution in [1.82, 2.24) is 18.6 Å². The van der Waals surface area contributed by atoms with Crippen LogP contribution in [-0.2, 0) is 50.1 Å². The number of aromatic nitrogens is 2. The number of sulfonamides is 2. The zero-order valence-electron chi connectivity index (χ0n) is 40.7. The number of hydrogen-bond donors (Lipinski definition) is 0. The summed E-state index contributed by atoms with van der Waals surface area (Å²) in [4.78, 5) is 14.9. The van der Waals surface area contributed by atoms with Crippen LogP contribution in [0.3, 0.4) is 0 Å². The fraction of sp³-hybridized carbons (Fsp3) is 0.434. The fourth-order valence-electron chi connectivity index (χ4n) is 8.47. The molecule has 14 heteroatoms. The molecule has 4 heterocycles. The van der Waals surface area contributed by atoms with Gasteiger partial charge in [0.25, 0.3) is 0 Å². The van der Waals surface area contributed by atoms with Gasteiger partial charge in [0.2, 0.25) is 20.0 Å². The number of rotatable bonds is 12. The molecule has 0 unspecified atom stereocenters. The van der Waals surface area contributed by atoms with Crippen LogP contribution < -0.4 is 9.80 Å². The van der Waals surface area contributed by atoms with Gasteiger partial charge >= 0.3 is 0 Å². The van der Waals surface area contributed by atoms with Crippen molar-refractivity contribution in [1.29, 1.82) is 0 Å². The topological polar surface area (TPSA) is 107 Å². The second-order valence-electron chi connectivity index (χ2n) is 19.9. The van der Waals surface area contributed by atoms with Gasteiger partial charge in [-0.05, 0) is 94.3 Å². The fourth-order valence-corrected chi connectivity index (χ4v) is 13.1. The monoisotopic (exact) mass is 980 g/mol. The summed E-state index contributed by atoms with van der Waals surface area (Å²) < 4.78 is 55.8. The van der Waals surface area contributed by atoms with Crippen LogP contribution in [0.25, 0.3) is 0 Å². The minimum absolute atomic E-state index is 0.00101. The van der Waals surface area contributed by atoms with E-state index >= 15 is 0 Å². The lowest BCUT2D eigenvalue weighted by Crippen LogP contribution is -2.48. The summed E-state index contributed by atoms with van der Waals surface area (Å²) in [6, 6.07) is 29.9. The number of anilines is 2. The Morgan fingerprint density at radius 2 is 0.910 bits per heavy atom.